The molecule has 1 unspecified atom stereocenters. The molecule has 0 heterocycles. The van der Waals surface area contributed by atoms with E-state index in [9.17, 15) is 24.6 Å². The molecule has 0 saturated carbocycles. The first-order chi connectivity index (χ1) is 14.6. The van der Waals surface area contributed by atoms with Gasteiger partial charge in [0.25, 0.3) is 0 Å². The average Bonchev–Trinajstić information content (AvgIpc) is 2.71. The van der Waals surface area contributed by atoms with Crippen LogP contribution < -0.4 is 5.73 Å². The highest BCUT2D eigenvalue weighted by atomic mass is 16.3. The van der Waals surface area contributed by atoms with E-state index in [1.807, 2.05) is 0 Å². The molecule has 31 heavy (non-hydrogen) atoms. The van der Waals surface area contributed by atoms with E-state index in [2.05, 4.69) is 0 Å². The maximum Gasteiger partial charge on any atom is 0.150 e. The molecule has 0 aliphatic rings. The van der Waals surface area contributed by atoms with E-state index in [0.29, 0.717) is 19.3 Å². The SMILES string of the molecule is CC(=O)C(CCCCCCCCCCCC(O)/C=C/[C@@H](O)[C@@H](N)CO)(C(C)=O)C(C)=O. The molecule has 0 aliphatic heterocycles. The zero-order valence-corrected chi connectivity index (χ0v) is 19.5. The van der Waals surface area contributed by atoms with Gasteiger partial charge in [0.2, 0.25) is 0 Å². The number of carbonyl (C=O) groups is 3. The smallest absolute Gasteiger partial charge is 0.150 e. The van der Waals surface area contributed by atoms with E-state index < -0.39 is 23.7 Å². The molecular weight excluding hydrogens is 398 g/mol. The number of unbranched alkanes of at least 4 members (excludes halogenated alkanes) is 8. The minimum atomic E-state index is -1.44. The van der Waals surface area contributed by atoms with Gasteiger partial charge in [0.1, 0.15) is 5.41 Å². The lowest BCUT2D eigenvalue weighted by atomic mass is 9.73. The third kappa shape index (κ3) is 11.1. The van der Waals surface area contributed by atoms with Crippen molar-refractivity contribution in [1.82, 2.24) is 0 Å². The molecule has 0 saturated heterocycles. The monoisotopic (exact) mass is 441 g/mol. The van der Waals surface area contributed by atoms with Gasteiger partial charge in [0.15, 0.2) is 17.3 Å². The molecule has 0 aromatic rings. The summed E-state index contributed by atoms with van der Waals surface area (Å²) in [6.45, 7) is 3.67. The van der Waals surface area contributed by atoms with Gasteiger partial charge >= 0.3 is 0 Å². The van der Waals surface area contributed by atoms with Gasteiger partial charge < -0.3 is 21.1 Å². The van der Waals surface area contributed by atoms with Gasteiger partial charge in [-0.1, -0.05) is 69.9 Å². The molecular formula is C24H43NO6. The number of hydrogen-bond donors (Lipinski definition) is 4. The second-order valence-corrected chi connectivity index (χ2v) is 8.58. The number of rotatable bonds is 19. The third-order valence-corrected chi connectivity index (χ3v) is 6.03. The Kier molecular flexibility index (Phi) is 15.5. The van der Waals surface area contributed by atoms with Crippen molar-refractivity contribution in [3.05, 3.63) is 12.2 Å². The average molecular weight is 442 g/mol. The fourth-order valence-electron chi connectivity index (χ4n) is 3.84. The molecule has 0 aromatic carbocycles. The number of ketones is 3. The van der Waals surface area contributed by atoms with E-state index in [4.69, 9.17) is 10.8 Å². The molecule has 0 bridgehead atoms. The van der Waals surface area contributed by atoms with Crippen molar-refractivity contribution in [1.29, 1.82) is 0 Å². The van der Waals surface area contributed by atoms with Crippen LogP contribution in [0.3, 0.4) is 0 Å². The molecule has 7 nitrogen and oxygen atoms in total. The summed E-state index contributed by atoms with van der Waals surface area (Å²) >= 11 is 0. The van der Waals surface area contributed by atoms with Crippen molar-refractivity contribution in [3.8, 4) is 0 Å². The first-order valence-electron chi connectivity index (χ1n) is 11.5. The van der Waals surface area contributed by atoms with E-state index in [1.165, 1.54) is 32.9 Å². The summed E-state index contributed by atoms with van der Waals surface area (Å²) in [6.07, 6.45) is 11.3. The fourth-order valence-corrected chi connectivity index (χ4v) is 3.84. The van der Waals surface area contributed by atoms with Crippen LogP contribution in [0.1, 0.15) is 91.4 Å². The number of aliphatic hydroxyl groups excluding tert-OH is 3. The van der Waals surface area contributed by atoms with Crippen molar-refractivity contribution < 1.29 is 29.7 Å². The van der Waals surface area contributed by atoms with Crippen LogP contribution in [0.25, 0.3) is 0 Å². The summed E-state index contributed by atoms with van der Waals surface area (Å²) in [7, 11) is 0. The van der Waals surface area contributed by atoms with Gasteiger partial charge in [-0.15, -0.1) is 0 Å². The largest absolute Gasteiger partial charge is 0.395 e. The van der Waals surface area contributed by atoms with Crippen LogP contribution in [0, 0.1) is 5.41 Å². The minimum absolute atomic E-state index is 0.308. The van der Waals surface area contributed by atoms with E-state index in [0.717, 1.165) is 51.4 Å². The number of Topliss-reactive ketones (excluding diaryl/α,β-unsaturated/α-hetero) is 3. The summed E-state index contributed by atoms with van der Waals surface area (Å²) in [5.41, 5.74) is 4.05. The zero-order chi connectivity index (χ0) is 23.9. The van der Waals surface area contributed by atoms with Crippen LogP contribution in [0.5, 0.6) is 0 Å². The Hall–Kier alpha value is -1.41. The van der Waals surface area contributed by atoms with Crippen molar-refractivity contribution in [2.75, 3.05) is 6.61 Å². The summed E-state index contributed by atoms with van der Waals surface area (Å²) < 4.78 is 0. The zero-order valence-electron chi connectivity index (χ0n) is 19.5. The lowest BCUT2D eigenvalue weighted by Gasteiger charge is -2.25. The summed E-state index contributed by atoms with van der Waals surface area (Å²) in [5, 5.41) is 28.3. The van der Waals surface area contributed by atoms with Crippen molar-refractivity contribution in [2.24, 2.45) is 11.1 Å². The maximum atomic E-state index is 11.9. The van der Waals surface area contributed by atoms with Gasteiger partial charge in [-0.25, -0.2) is 0 Å². The van der Waals surface area contributed by atoms with Crippen LogP contribution in [0.15, 0.2) is 12.2 Å². The van der Waals surface area contributed by atoms with Gasteiger partial charge in [-0.05, 0) is 33.6 Å². The van der Waals surface area contributed by atoms with Gasteiger partial charge in [-0.2, -0.15) is 0 Å². The molecule has 0 aromatic heterocycles. The van der Waals surface area contributed by atoms with Crippen LogP contribution in [-0.4, -0.2) is 57.5 Å². The Bertz CT molecular complexity index is 538. The minimum Gasteiger partial charge on any atom is -0.395 e. The van der Waals surface area contributed by atoms with E-state index in [-0.39, 0.29) is 24.0 Å². The third-order valence-electron chi connectivity index (χ3n) is 6.03. The van der Waals surface area contributed by atoms with E-state index >= 15 is 0 Å². The molecule has 3 atom stereocenters. The summed E-state index contributed by atoms with van der Waals surface area (Å²) in [6, 6.07) is -0.733. The van der Waals surface area contributed by atoms with Crippen LogP contribution in [0.2, 0.25) is 0 Å². The molecule has 7 heteroatoms. The quantitative estimate of drug-likeness (QED) is 0.137. The number of hydrogen-bond acceptors (Lipinski definition) is 7. The first kappa shape index (κ1) is 29.6. The standard InChI is InChI=1S/C24H43NO6/c1-18(27)24(19(2)28,20(3)29)16-12-10-8-6-4-5-7-9-11-13-21(30)14-15-23(31)22(25)17-26/h14-15,21-23,26,30-31H,4-13,16-17,25H2,1-3H3/b15-14+/t21?,22-,23+/m0/s1. The molecule has 0 radical (unpaired) electrons. The highest BCUT2D eigenvalue weighted by molar-refractivity contribution is 6.22. The summed E-state index contributed by atoms with van der Waals surface area (Å²) in [4.78, 5) is 35.7. The molecule has 180 valence electrons. The Labute approximate surface area is 187 Å². The topological polar surface area (TPSA) is 138 Å². The molecule has 0 spiro atoms. The maximum absolute atomic E-state index is 11.9. The Morgan fingerprint density at radius 3 is 1.61 bits per heavy atom. The van der Waals surface area contributed by atoms with Crippen LogP contribution in [0.4, 0.5) is 0 Å². The predicted octanol–water partition coefficient (Wildman–Crippen LogP) is 2.63. The Morgan fingerprint density at radius 1 is 0.774 bits per heavy atom. The second-order valence-electron chi connectivity index (χ2n) is 8.58. The fraction of sp³-hybridized carbons (Fsp3) is 0.792. The first-order valence-corrected chi connectivity index (χ1v) is 11.5. The number of aliphatic hydroxyl groups is 3. The highest BCUT2D eigenvalue weighted by Gasteiger charge is 2.44. The highest BCUT2D eigenvalue weighted by Crippen LogP contribution is 2.29. The Balaban J connectivity index is 3.83. The van der Waals surface area contributed by atoms with Crippen molar-refractivity contribution >= 4 is 17.3 Å². The molecule has 0 aliphatic carbocycles. The molecule has 0 fully saturated rings. The molecule has 0 rings (SSSR count). The predicted molar refractivity (Wildman–Crippen MR) is 121 cm³/mol. The molecule has 0 amide bonds. The van der Waals surface area contributed by atoms with Gasteiger partial charge in [0, 0.05) is 0 Å². The number of nitrogens with two attached hydrogens (primary N) is 1. The molecule has 5 N–H and O–H groups in total. The van der Waals surface area contributed by atoms with Crippen molar-refractivity contribution in [2.45, 2.75) is 110 Å². The lowest BCUT2D eigenvalue weighted by Crippen LogP contribution is -2.43. The Morgan fingerprint density at radius 2 is 1.19 bits per heavy atom. The number of carbonyl (C=O) groups excluding carboxylic acids is 3. The lowest BCUT2D eigenvalue weighted by molar-refractivity contribution is -0.147. The van der Waals surface area contributed by atoms with Gasteiger partial charge in [0.05, 0.1) is 24.9 Å². The van der Waals surface area contributed by atoms with Crippen LogP contribution in [-0.2, 0) is 14.4 Å². The second kappa shape index (κ2) is 16.3. The van der Waals surface area contributed by atoms with Gasteiger partial charge in [-0.3, -0.25) is 14.4 Å². The normalized spacial score (nSPS) is 15.1. The van der Waals surface area contributed by atoms with E-state index in [1.54, 1.807) is 0 Å². The van der Waals surface area contributed by atoms with Crippen LogP contribution >= 0.6 is 0 Å². The van der Waals surface area contributed by atoms with Crippen molar-refractivity contribution in [3.63, 3.8) is 0 Å². The summed E-state index contributed by atoms with van der Waals surface area (Å²) in [5.74, 6) is -1.05.